The average molecular weight is 336 g/mol. The Morgan fingerprint density at radius 2 is 2.08 bits per heavy atom. The largest absolute Gasteiger partial charge is 0.493 e. The normalized spacial score (nSPS) is 17.2. The van der Waals surface area contributed by atoms with Gasteiger partial charge in [-0.05, 0) is 31.0 Å². The fraction of sp³-hybridized carbons (Fsp3) is 0.438. The minimum Gasteiger partial charge on any atom is -0.493 e. The molecule has 1 aliphatic heterocycles. The van der Waals surface area contributed by atoms with Gasteiger partial charge in [0, 0.05) is 18.7 Å². The number of nitrogens with two attached hydrogens (primary N) is 1. The zero-order valence-electron chi connectivity index (χ0n) is 13.4. The number of aliphatic carboxylic acids is 1. The lowest BCUT2D eigenvalue weighted by Gasteiger charge is -2.30. The first kappa shape index (κ1) is 17.6. The van der Waals surface area contributed by atoms with Crippen LogP contribution in [0.25, 0.3) is 0 Å². The summed E-state index contributed by atoms with van der Waals surface area (Å²) in [4.78, 5) is 36.0. The van der Waals surface area contributed by atoms with E-state index >= 15 is 0 Å². The van der Waals surface area contributed by atoms with E-state index < -0.39 is 17.8 Å². The van der Waals surface area contributed by atoms with Crippen LogP contribution in [-0.2, 0) is 9.59 Å². The first-order valence-electron chi connectivity index (χ1n) is 7.53. The molecule has 1 aromatic rings. The molecule has 1 heterocycles. The van der Waals surface area contributed by atoms with Crippen molar-refractivity contribution in [3.63, 3.8) is 0 Å². The maximum atomic E-state index is 12.6. The molecule has 3 N–H and O–H groups in total. The van der Waals surface area contributed by atoms with E-state index in [1.165, 1.54) is 24.1 Å². The maximum absolute atomic E-state index is 12.6. The van der Waals surface area contributed by atoms with Gasteiger partial charge in [0.15, 0.2) is 18.1 Å². The molecule has 1 atom stereocenters. The molecule has 0 bridgehead atoms. The second-order valence-electron chi connectivity index (χ2n) is 5.55. The van der Waals surface area contributed by atoms with E-state index in [9.17, 15) is 14.4 Å². The number of methoxy groups -OCH3 is 1. The predicted octanol–water partition coefficient (Wildman–Crippen LogP) is 0.496. The van der Waals surface area contributed by atoms with Crippen LogP contribution >= 0.6 is 0 Å². The van der Waals surface area contributed by atoms with Gasteiger partial charge in [0.05, 0.1) is 13.0 Å². The summed E-state index contributed by atoms with van der Waals surface area (Å²) in [6.45, 7) is 0.414. The van der Waals surface area contributed by atoms with Crippen molar-refractivity contribution in [3.05, 3.63) is 23.8 Å². The Kier molecular flexibility index (Phi) is 5.62. The van der Waals surface area contributed by atoms with Crippen molar-refractivity contribution >= 4 is 17.8 Å². The molecule has 2 amide bonds. The van der Waals surface area contributed by atoms with Crippen molar-refractivity contribution in [2.45, 2.75) is 12.8 Å². The van der Waals surface area contributed by atoms with Crippen LogP contribution in [0.1, 0.15) is 23.2 Å². The van der Waals surface area contributed by atoms with Crippen molar-refractivity contribution in [2.75, 3.05) is 26.8 Å². The van der Waals surface area contributed by atoms with Gasteiger partial charge in [-0.15, -0.1) is 0 Å². The van der Waals surface area contributed by atoms with Gasteiger partial charge in [0.25, 0.3) is 11.8 Å². The highest BCUT2D eigenvalue weighted by atomic mass is 16.5. The third-order valence-electron chi connectivity index (χ3n) is 3.84. The minimum absolute atomic E-state index is 0.191. The molecule has 0 spiro atoms. The number of piperidine rings is 1. The van der Waals surface area contributed by atoms with Gasteiger partial charge < -0.3 is 25.2 Å². The zero-order valence-corrected chi connectivity index (χ0v) is 13.4. The Bertz CT molecular complexity index is 645. The van der Waals surface area contributed by atoms with Gasteiger partial charge in [-0.2, -0.15) is 0 Å². The van der Waals surface area contributed by atoms with Crippen LogP contribution in [-0.4, -0.2) is 54.6 Å². The molecule has 0 radical (unpaired) electrons. The lowest BCUT2D eigenvalue weighted by atomic mass is 9.97. The third kappa shape index (κ3) is 4.15. The van der Waals surface area contributed by atoms with Crippen molar-refractivity contribution < 1.29 is 29.0 Å². The van der Waals surface area contributed by atoms with E-state index in [0.717, 1.165) is 0 Å². The van der Waals surface area contributed by atoms with Crippen LogP contribution in [0.3, 0.4) is 0 Å². The average Bonchev–Trinajstić information content (AvgIpc) is 2.59. The summed E-state index contributed by atoms with van der Waals surface area (Å²) in [6.07, 6.45) is 1.22. The molecule has 1 aliphatic rings. The topological polar surface area (TPSA) is 119 Å². The fourth-order valence-electron chi connectivity index (χ4n) is 2.61. The lowest BCUT2D eigenvalue weighted by molar-refractivity contribution is -0.143. The molecule has 130 valence electrons. The third-order valence-corrected chi connectivity index (χ3v) is 3.84. The van der Waals surface area contributed by atoms with Crippen LogP contribution in [0, 0.1) is 5.92 Å². The number of hydrogen-bond acceptors (Lipinski definition) is 5. The van der Waals surface area contributed by atoms with E-state index in [-0.39, 0.29) is 19.1 Å². The molecule has 0 unspecified atom stereocenters. The Morgan fingerprint density at radius 3 is 2.71 bits per heavy atom. The summed E-state index contributed by atoms with van der Waals surface area (Å²) < 4.78 is 10.4. The SMILES string of the molecule is COc1cc(C(=O)N2CCC[C@H](C(=O)O)C2)ccc1OCC(N)=O. The van der Waals surface area contributed by atoms with E-state index in [1.807, 2.05) is 0 Å². The number of carboxylic acid groups (broad SMARTS) is 1. The first-order valence-corrected chi connectivity index (χ1v) is 7.53. The summed E-state index contributed by atoms with van der Waals surface area (Å²) in [5.74, 6) is -1.71. The zero-order chi connectivity index (χ0) is 17.7. The second-order valence-corrected chi connectivity index (χ2v) is 5.55. The molecule has 2 rings (SSSR count). The van der Waals surface area contributed by atoms with Gasteiger partial charge >= 0.3 is 5.97 Å². The highest BCUT2D eigenvalue weighted by molar-refractivity contribution is 5.95. The summed E-state index contributed by atoms with van der Waals surface area (Å²) in [7, 11) is 1.42. The number of rotatable bonds is 6. The Morgan fingerprint density at radius 1 is 1.33 bits per heavy atom. The molecule has 8 heteroatoms. The van der Waals surface area contributed by atoms with Crippen LogP contribution in [0.2, 0.25) is 0 Å². The summed E-state index contributed by atoms with van der Waals surface area (Å²) in [6, 6.07) is 4.57. The Labute approximate surface area is 139 Å². The van der Waals surface area contributed by atoms with Crippen molar-refractivity contribution in [3.8, 4) is 11.5 Å². The van der Waals surface area contributed by atoms with Gasteiger partial charge in [-0.1, -0.05) is 0 Å². The van der Waals surface area contributed by atoms with Crippen molar-refractivity contribution in [1.82, 2.24) is 4.90 Å². The van der Waals surface area contributed by atoms with E-state index in [4.69, 9.17) is 20.3 Å². The molecule has 1 aromatic carbocycles. The number of hydrogen-bond donors (Lipinski definition) is 2. The number of benzene rings is 1. The summed E-state index contributed by atoms with van der Waals surface area (Å²) in [5, 5.41) is 9.12. The molecular weight excluding hydrogens is 316 g/mol. The van der Waals surface area contributed by atoms with Gasteiger partial charge in [0.2, 0.25) is 0 Å². The molecule has 8 nitrogen and oxygen atoms in total. The first-order chi connectivity index (χ1) is 11.4. The standard InChI is InChI=1S/C16H20N2O6/c1-23-13-7-10(4-5-12(13)24-9-14(17)19)15(20)18-6-2-3-11(8-18)16(21)22/h4-5,7,11H,2-3,6,8-9H2,1H3,(H2,17,19)(H,21,22)/t11-/m0/s1. The predicted molar refractivity (Wildman–Crippen MR) is 83.9 cm³/mol. The van der Waals surface area contributed by atoms with E-state index in [1.54, 1.807) is 6.07 Å². The smallest absolute Gasteiger partial charge is 0.308 e. The van der Waals surface area contributed by atoms with Gasteiger partial charge in [-0.3, -0.25) is 14.4 Å². The Balaban J connectivity index is 2.14. The van der Waals surface area contributed by atoms with E-state index in [0.29, 0.717) is 36.4 Å². The Hall–Kier alpha value is -2.77. The van der Waals surface area contributed by atoms with Crippen LogP contribution in [0.15, 0.2) is 18.2 Å². The van der Waals surface area contributed by atoms with Crippen LogP contribution < -0.4 is 15.2 Å². The second kappa shape index (κ2) is 7.67. The maximum Gasteiger partial charge on any atom is 0.308 e. The number of amides is 2. The number of nitrogens with zero attached hydrogens (tertiary/aromatic N) is 1. The van der Waals surface area contributed by atoms with Gasteiger partial charge in [0.1, 0.15) is 0 Å². The number of ether oxygens (including phenoxy) is 2. The molecular formula is C16H20N2O6. The highest BCUT2D eigenvalue weighted by Crippen LogP contribution is 2.29. The number of carboxylic acids is 1. The number of likely N-dealkylation sites (tertiary alicyclic amines) is 1. The minimum atomic E-state index is -0.889. The lowest BCUT2D eigenvalue weighted by Crippen LogP contribution is -2.42. The number of carbonyl (C=O) groups is 3. The van der Waals surface area contributed by atoms with Gasteiger partial charge in [-0.25, -0.2) is 0 Å². The molecule has 0 aliphatic carbocycles. The quantitative estimate of drug-likeness (QED) is 0.780. The number of carbonyl (C=O) groups excluding carboxylic acids is 2. The van der Waals surface area contributed by atoms with Crippen molar-refractivity contribution in [2.24, 2.45) is 11.7 Å². The molecule has 0 saturated carbocycles. The summed E-state index contributed by atoms with van der Waals surface area (Å²) >= 11 is 0. The van der Waals surface area contributed by atoms with E-state index in [2.05, 4.69) is 0 Å². The summed E-state index contributed by atoms with van der Waals surface area (Å²) in [5.41, 5.74) is 5.40. The number of primary amides is 1. The molecule has 0 aromatic heterocycles. The van der Waals surface area contributed by atoms with Crippen molar-refractivity contribution in [1.29, 1.82) is 0 Å². The highest BCUT2D eigenvalue weighted by Gasteiger charge is 2.29. The van der Waals surface area contributed by atoms with Crippen LogP contribution in [0.5, 0.6) is 11.5 Å². The monoisotopic (exact) mass is 336 g/mol. The fourth-order valence-corrected chi connectivity index (χ4v) is 2.61. The molecule has 24 heavy (non-hydrogen) atoms. The van der Waals surface area contributed by atoms with Crippen LogP contribution in [0.4, 0.5) is 0 Å². The molecule has 1 fully saturated rings. The molecule has 1 saturated heterocycles.